The smallest absolute Gasteiger partial charge is 0.247 e. The number of aliphatic imine (C=N–C) groups is 1. The van der Waals surface area contributed by atoms with E-state index >= 15 is 4.39 Å². The fraction of sp³-hybridized carbons (Fsp3) is 0.471. The fourth-order valence-corrected chi connectivity index (χ4v) is 6.74. The molecule has 0 spiro atoms. The Morgan fingerprint density at radius 1 is 1.19 bits per heavy atom. The molecule has 1 amide bonds. The maximum atomic E-state index is 15.0. The Labute approximate surface area is 276 Å². The number of hydrogen-bond donors (Lipinski definition) is 4. The number of nitrogens with zero attached hydrogens (tertiary/aromatic N) is 5. The lowest BCUT2D eigenvalue weighted by molar-refractivity contribution is -0.111. The largest absolute Gasteiger partial charge is 0.494 e. The first-order valence-electron chi connectivity index (χ1n) is 16.1. The van der Waals surface area contributed by atoms with Crippen LogP contribution in [0.5, 0.6) is 5.75 Å². The molecule has 3 saturated heterocycles. The van der Waals surface area contributed by atoms with Crippen molar-refractivity contribution in [1.29, 1.82) is 0 Å². The number of hydroxylamine groups is 2. The van der Waals surface area contributed by atoms with Gasteiger partial charge in [0.05, 0.1) is 31.1 Å². The van der Waals surface area contributed by atoms with Crippen LogP contribution in [-0.4, -0.2) is 92.7 Å². The van der Waals surface area contributed by atoms with Gasteiger partial charge in [0.2, 0.25) is 5.91 Å². The van der Waals surface area contributed by atoms with Crippen LogP contribution >= 0.6 is 0 Å². The number of carbonyl (C=O) groups excluding carboxylic acids is 1. The number of hydrogen-bond acceptors (Lipinski definition) is 10. The zero-order valence-electron chi connectivity index (χ0n) is 27.8. The maximum Gasteiger partial charge on any atom is 0.247 e. The number of anilines is 2. The molecule has 2 aromatic carbocycles. The van der Waals surface area contributed by atoms with Gasteiger partial charge < -0.3 is 31.0 Å². The fourth-order valence-electron chi connectivity index (χ4n) is 6.74. The van der Waals surface area contributed by atoms with Crippen LogP contribution in [0.2, 0.25) is 0 Å². The van der Waals surface area contributed by atoms with E-state index in [1.807, 2.05) is 12.1 Å². The van der Waals surface area contributed by atoms with Crippen LogP contribution in [0.3, 0.4) is 0 Å². The average molecular weight is 650 g/mol. The zero-order valence-corrected chi connectivity index (χ0v) is 27.8. The highest BCUT2D eigenvalue weighted by atomic mass is 19.1. The van der Waals surface area contributed by atoms with E-state index in [2.05, 4.69) is 51.1 Å². The Hall–Kier alpha value is -4.17. The van der Waals surface area contributed by atoms with Gasteiger partial charge in [0, 0.05) is 62.4 Å². The first-order chi connectivity index (χ1) is 22.6. The van der Waals surface area contributed by atoms with E-state index in [1.165, 1.54) is 23.6 Å². The molecule has 0 aromatic heterocycles. The molecule has 0 radical (unpaired) electrons. The molecule has 13 heteroatoms. The molecule has 6 N–H and O–H groups in total. The first-order valence-corrected chi connectivity index (χ1v) is 16.1. The summed E-state index contributed by atoms with van der Waals surface area (Å²) in [5.41, 5.74) is 11.9. The second-order valence-corrected chi connectivity index (χ2v) is 12.5. The van der Waals surface area contributed by atoms with E-state index in [9.17, 15) is 4.79 Å². The van der Waals surface area contributed by atoms with Gasteiger partial charge in [-0.2, -0.15) is 0 Å². The lowest BCUT2D eigenvalue weighted by Gasteiger charge is -2.39. The number of carbonyl (C=O) groups is 1. The normalized spacial score (nSPS) is 21.4. The van der Waals surface area contributed by atoms with Gasteiger partial charge in [-0.1, -0.05) is 24.8 Å². The Bertz CT molecular complexity index is 1510. The number of nitrogens with two attached hydrogens (primary N) is 2. The number of aryl methyl sites for hydroxylation is 1. The molecule has 0 saturated carbocycles. The van der Waals surface area contributed by atoms with Crippen molar-refractivity contribution in [2.75, 3.05) is 64.2 Å². The number of rotatable bonds is 11. The van der Waals surface area contributed by atoms with Crippen LogP contribution in [0, 0.1) is 12.7 Å². The number of amides is 1. The Morgan fingerprint density at radius 3 is 2.62 bits per heavy atom. The Morgan fingerprint density at radius 2 is 1.96 bits per heavy atom. The van der Waals surface area contributed by atoms with Crippen molar-refractivity contribution < 1.29 is 18.8 Å². The van der Waals surface area contributed by atoms with Gasteiger partial charge in [-0.05, 0) is 58.0 Å². The summed E-state index contributed by atoms with van der Waals surface area (Å²) in [7, 11) is 5.88. The molecule has 2 aromatic rings. The van der Waals surface area contributed by atoms with E-state index in [4.69, 9.17) is 21.2 Å². The monoisotopic (exact) mass is 649 g/mol. The molecule has 254 valence electrons. The number of hydrazine groups is 1. The van der Waals surface area contributed by atoms with Gasteiger partial charge in [-0.15, -0.1) is 0 Å². The maximum absolute atomic E-state index is 15.0. The van der Waals surface area contributed by atoms with Crippen LogP contribution in [-0.2, 0) is 9.63 Å². The summed E-state index contributed by atoms with van der Waals surface area (Å²) in [5, 5.41) is 4.46. The molecule has 0 aliphatic carbocycles. The summed E-state index contributed by atoms with van der Waals surface area (Å²) < 4.78 is 20.8. The van der Waals surface area contributed by atoms with Crippen LogP contribution in [0.15, 0.2) is 59.9 Å². The highest BCUT2D eigenvalue weighted by molar-refractivity contribution is 6.02. The minimum absolute atomic E-state index is 0.0893. The number of halogens is 1. The molecule has 5 rings (SSSR count). The molecule has 1 unspecified atom stereocenters. The molecule has 47 heavy (non-hydrogen) atoms. The van der Waals surface area contributed by atoms with Crippen LogP contribution < -0.4 is 32.0 Å². The number of methoxy groups -OCH3 is 1. The van der Waals surface area contributed by atoms with Crippen molar-refractivity contribution in [1.82, 2.24) is 20.3 Å². The van der Waals surface area contributed by atoms with Crippen molar-refractivity contribution in [2.24, 2.45) is 16.6 Å². The SMILES string of the molecule is C=CC(=O)Nc1cc(N=C(N)/C=C(\NN)N2OCC[C@@H]2c2cccc(C)c2F)c(OC)cc1N1CCC(N2CCC(N(C)C)C2)CC1. The van der Waals surface area contributed by atoms with Gasteiger partial charge in [-0.3, -0.25) is 14.5 Å². The van der Waals surface area contributed by atoms with Crippen LogP contribution in [0.1, 0.15) is 42.9 Å². The quantitative estimate of drug-likeness (QED) is 0.0941. The summed E-state index contributed by atoms with van der Waals surface area (Å²) in [5.74, 6) is 6.15. The average Bonchev–Trinajstić information content (AvgIpc) is 3.76. The third kappa shape index (κ3) is 7.70. The van der Waals surface area contributed by atoms with Gasteiger partial charge >= 0.3 is 0 Å². The van der Waals surface area contributed by atoms with Gasteiger partial charge in [0.1, 0.15) is 28.9 Å². The molecule has 3 aliphatic rings. The van der Waals surface area contributed by atoms with Crippen molar-refractivity contribution in [3.05, 3.63) is 71.8 Å². The lowest BCUT2D eigenvalue weighted by atomic mass is 10.0. The predicted molar refractivity (Wildman–Crippen MR) is 184 cm³/mol. The number of nitrogens with one attached hydrogen (secondary N) is 2. The van der Waals surface area contributed by atoms with Gasteiger partial charge in [0.15, 0.2) is 0 Å². The van der Waals surface area contributed by atoms with E-state index in [0.717, 1.165) is 44.7 Å². The molecule has 3 fully saturated rings. The number of ether oxygens (including phenoxy) is 1. The minimum Gasteiger partial charge on any atom is -0.494 e. The molecular weight excluding hydrogens is 601 g/mol. The Kier molecular flexibility index (Phi) is 11.0. The minimum atomic E-state index is -0.413. The topological polar surface area (TPSA) is 137 Å². The molecule has 12 nitrogen and oxygen atoms in total. The molecule has 3 heterocycles. The molecular formula is C34H48FN9O3. The van der Waals surface area contributed by atoms with Gasteiger partial charge in [0.25, 0.3) is 0 Å². The van der Waals surface area contributed by atoms with E-state index in [1.54, 1.807) is 32.2 Å². The highest BCUT2D eigenvalue weighted by Crippen LogP contribution is 2.40. The molecule has 3 aliphatic heterocycles. The summed E-state index contributed by atoms with van der Waals surface area (Å²) in [6, 6.07) is 9.63. The second-order valence-electron chi connectivity index (χ2n) is 12.5. The Balaban J connectivity index is 1.39. The standard InChI is InChI=1S/C34H48FN9O3/c1-6-33(45)39-26-18-27(30(46-5)19-29(26)42-14-10-23(11-15-42)43-16-12-24(21-43)41(3)4)38-31(36)20-32(40-37)44-28(13-17-47-44)25-9-7-8-22(2)34(25)35/h6-9,18-20,23-24,28,40H,1,10-17,21,37H2,2-5H3,(H2,36,38)(H,39,45)/b32-20+/t24?,28-/m1/s1. The van der Waals surface area contributed by atoms with E-state index in [-0.39, 0.29) is 17.6 Å². The lowest BCUT2D eigenvalue weighted by Crippen LogP contribution is -2.45. The number of benzene rings is 2. The van der Waals surface area contributed by atoms with E-state index < -0.39 is 6.04 Å². The molecule has 0 bridgehead atoms. The zero-order chi connectivity index (χ0) is 33.7. The molecule has 2 atom stereocenters. The summed E-state index contributed by atoms with van der Waals surface area (Å²) in [4.78, 5) is 30.2. The first kappa shape index (κ1) is 34.2. The van der Waals surface area contributed by atoms with Crippen molar-refractivity contribution in [3.8, 4) is 5.75 Å². The second kappa shape index (κ2) is 15.2. The third-order valence-electron chi connectivity index (χ3n) is 9.39. The predicted octanol–water partition coefficient (Wildman–Crippen LogP) is 3.54. The summed E-state index contributed by atoms with van der Waals surface area (Å²) in [6.45, 7) is 9.62. The third-order valence-corrected chi connectivity index (χ3v) is 9.39. The van der Waals surface area contributed by atoms with Gasteiger partial charge in [-0.25, -0.2) is 20.3 Å². The highest BCUT2D eigenvalue weighted by Gasteiger charge is 2.33. The van der Waals surface area contributed by atoms with Crippen molar-refractivity contribution in [2.45, 2.75) is 50.7 Å². The van der Waals surface area contributed by atoms with Crippen LogP contribution in [0.25, 0.3) is 0 Å². The van der Waals surface area contributed by atoms with Crippen LogP contribution in [0.4, 0.5) is 21.5 Å². The number of amidine groups is 1. The van der Waals surface area contributed by atoms with Crippen molar-refractivity contribution in [3.63, 3.8) is 0 Å². The number of piperidine rings is 1. The summed E-state index contributed by atoms with van der Waals surface area (Å²) in [6.07, 6.45) is 6.56. The number of likely N-dealkylation sites (tertiary alicyclic amines) is 1. The van der Waals surface area contributed by atoms with Crippen molar-refractivity contribution >= 4 is 28.8 Å². The summed E-state index contributed by atoms with van der Waals surface area (Å²) >= 11 is 0. The number of likely N-dealkylation sites (N-methyl/N-ethyl adjacent to an activating group) is 1. The van der Waals surface area contributed by atoms with E-state index in [0.29, 0.717) is 59.2 Å².